The summed E-state index contributed by atoms with van der Waals surface area (Å²) in [6.45, 7) is 1.49. The third-order valence-corrected chi connectivity index (χ3v) is 6.18. The predicted octanol–water partition coefficient (Wildman–Crippen LogP) is 4.20. The van der Waals surface area contributed by atoms with Gasteiger partial charge in [-0.05, 0) is 40.8 Å². The van der Waals surface area contributed by atoms with Gasteiger partial charge in [-0.3, -0.25) is 9.69 Å². The molecule has 0 aliphatic carbocycles. The second-order valence-corrected chi connectivity index (χ2v) is 8.47. The van der Waals surface area contributed by atoms with Gasteiger partial charge in [-0.1, -0.05) is 72.8 Å². The SMILES string of the molecule is CC1(c2ccc3ccccc3c2)NC(=O)N(CC(O)COc2cccc3ccccc23)C1=O. The highest BCUT2D eigenvalue weighted by Gasteiger charge is 2.49. The van der Waals surface area contributed by atoms with Crippen LogP contribution in [0.3, 0.4) is 0 Å². The Bertz CT molecular complexity index is 1360. The zero-order valence-electron chi connectivity index (χ0n) is 18.2. The minimum absolute atomic E-state index is 0.0439. The number of nitrogens with zero attached hydrogens (tertiary/aromatic N) is 1. The molecule has 0 aromatic heterocycles. The van der Waals surface area contributed by atoms with E-state index in [2.05, 4.69) is 5.32 Å². The van der Waals surface area contributed by atoms with Gasteiger partial charge in [0.25, 0.3) is 5.91 Å². The number of carbonyl (C=O) groups is 2. The Morgan fingerprint density at radius 1 is 0.909 bits per heavy atom. The van der Waals surface area contributed by atoms with Gasteiger partial charge in [0.15, 0.2) is 0 Å². The van der Waals surface area contributed by atoms with Crippen molar-refractivity contribution in [2.24, 2.45) is 0 Å². The van der Waals surface area contributed by atoms with E-state index >= 15 is 0 Å². The van der Waals surface area contributed by atoms with E-state index in [1.807, 2.05) is 84.9 Å². The summed E-state index contributed by atoms with van der Waals surface area (Å²) < 4.78 is 5.83. The van der Waals surface area contributed by atoms with Gasteiger partial charge in [-0.2, -0.15) is 0 Å². The van der Waals surface area contributed by atoms with E-state index in [1.165, 1.54) is 0 Å². The van der Waals surface area contributed by atoms with Crippen LogP contribution in [0.5, 0.6) is 5.75 Å². The summed E-state index contributed by atoms with van der Waals surface area (Å²) in [4.78, 5) is 27.0. The number of aliphatic hydroxyl groups is 1. The van der Waals surface area contributed by atoms with Gasteiger partial charge in [0.2, 0.25) is 0 Å². The van der Waals surface area contributed by atoms with Crippen LogP contribution in [0, 0.1) is 0 Å². The third-order valence-electron chi connectivity index (χ3n) is 6.18. The minimum Gasteiger partial charge on any atom is -0.490 e. The first-order valence-corrected chi connectivity index (χ1v) is 10.9. The van der Waals surface area contributed by atoms with Crippen LogP contribution in [0.25, 0.3) is 21.5 Å². The smallest absolute Gasteiger partial charge is 0.325 e. The molecule has 0 bridgehead atoms. The highest BCUT2D eigenvalue weighted by atomic mass is 16.5. The fourth-order valence-corrected chi connectivity index (χ4v) is 4.33. The number of imide groups is 1. The lowest BCUT2D eigenvalue weighted by atomic mass is 9.90. The monoisotopic (exact) mass is 440 g/mol. The molecule has 4 aromatic carbocycles. The van der Waals surface area contributed by atoms with Gasteiger partial charge in [-0.25, -0.2) is 4.79 Å². The number of ether oxygens (including phenoxy) is 1. The van der Waals surface area contributed by atoms with Gasteiger partial charge >= 0.3 is 6.03 Å². The highest BCUT2D eigenvalue weighted by Crippen LogP contribution is 2.31. The van der Waals surface area contributed by atoms with Gasteiger partial charge < -0.3 is 15.2 Å². The minimum atomic E-state index is -1.20. The maximum atomic E-state index is 13.2. The summed E-state index contributed by atoms with van der Waals surface area (Å²) >= 11 is 0. The molecule has 2 unspecified atom stereocenters. The van der Waals surface area contributed by atoms with Crippen LogP contribution in [0.15, 0.2) is 84.9 Å². The largest absolute Gasteiger partial charge is 0.490 e. The molecule has 1 aliphatic rings. The molecule has 33 heavy (non-hydrogen) atoms. The summed E-state index contributed by atoms with van der Waals surface area (Å²) in [6.07, 6.45) is -1.03. The maximum Gasteiger partial charge on any atom is 0.325 e. The van der Waals surface area contributed by atoms with Crippen molar-refractivity contribution >= 4 is 33.5 Å². The Balaban J connectivity index is 1.30. The Labute approximate surface area is 191 Å². The van der Waals surface area contributed by atoms with E-state index in [9.17, 15) is 14.7 Å². The molecule has 3 amide bonds. The molecule has 2 atom stereocenters. The molecule has 1 aliphatic heterocycles. The molecule has 166 valence electrons. The average molecular weight is 440 g/mol. The average Bonchev–Trinajstić information content (AvgIpc) is 3.06. The van der Waals surface area contributed by atoms with Crippen molar-refractivity contribution in [2.45, 2.75) is 18.6 Å². The first-order chi connectivity index (χ1) is 16.0. The zero-order chi connectivity index (χ0) is 23.0. The van der Waals surface area contributed by atoms with Crippen LogP contribution in [-0.4, -0.2) is 41.2 Å². The second kappa shape index (κ2) is 8.22. The number of hydrogen-bond acceptors (Lipinski definition) is 4. The van der Waals surface area contributed by atoms with Gasteiger partial charge in [-0.15, -0.1) is 0 Å². The Kier molecular flexibility index (Phi) is 5.23. The number of carbonyl (C=O) groups excluding carboxylic acids is 2. The number of hydrogen-bond donors (Lipinski definition) is 2. The molecule has 1 saturated heterocycles. The molecular weight excluding hydrogens is 416 g/mol. The van der Waals surface area contributed by atoms with Gasteiger partial charge in [0, 0.05) is 5.39 Å². The number of amides is 3. The number of urea groups is 1. The first-order valence-electron chi connectivity index (χ1n) is 10.9. The van der Waals surface area contributed by atoms with E-state index in [4.69, 9.17) is 4.74 Å². The summed E-state index contributed by atoms with van der Waals surface area (Å²) in [5, 5.41) is 17.4. The van der Waals surface area contributed by atoms with Crippen molar-refractivity contribution in [3.8, 4) is 5.75 Å². The van der Waals surface area contributed by atoms with E-state index in [0.29, 0.717) is 11.3 Å². The van der Waals surface area contributed by atoms with Crippen LogP contribution in [-0.2, 0) is 10.3 Å². The van der Waals surface area contributed by atoms with Gasteiger partial charge in [0.1, 0.15) is 24.0 Å². The van der Waals surface area contributed by atoms with Crippen LogP contribution >= 0.6 is 0 Å². The molecule has 4 aromatic rings. The molecular formula is C27H24N2O4. The fourth-order valence-electron chi connectivity index (χ4n) is 4.33. The van der Waals surface area contributed by atoms with E-state index in [0.717, 1.165) is 26.4 Å². The maximum absolute atomic E-state index is 13.2. The Morgan fingerprint density at radius 2 is 1.61 bits per heavy atom. The number of fused-ring (bicyclic) bond motifs is 2. The number of β-amino-alcohol motifs (C(OH)–C–C–N with tert-alkyl or cyclic N) is 1. The predicted molar refractivity (Wildman–Crippen MR) is 127 cm³/mol. The summed E-state index contributed by atoms with van der Waals surface area (Å²) in [7, 11) is 0. The van der Waals surface area contributed by atoms with Crippen molar-refractivity contribution in [3.63, 3.8) is 0 Å². The van der Waals surface area contributed by atoms with E-state index in [1.54, 1.807) is 6.92 Å². The normalized spacial score (nSPS) is 19.2. The fraction of sp³-hybridized carbons (Fsp3) is 0.185. The molecule has 1 fully saturated rings. The van der Waals surface area contributed by atoms with Crippen molar-refractivity contribution in [3.05, 3.63) is 90.5 Å². The molecule has 0 saturated carbocycles. The molecule has 6 heteroatoms. The third kappa shape index (κ3) is 3.79. The second-order valence-electron chi connectivity index (χ2n) is 8.47. The molecule has 0 spiro atoms. The van der Waals surface area contributed by atoms with Crippen LogP contribution in [0.2, 0.25) is 0 Å². The molecule has 5 rings (SSSR count). The number of benzene rings is 4. The Morgan fingerprint density at radius 3 is 2.42 bits per heavy atom. The summed E-state index contributed by atoms with van der Waals surface area (Å²) in [6, 6.07) is 26.5. The van der Waals surface area contributed by atoms with Crippen molar-refractivity contribution in [1.29, 1.82) is 0 Å². The lowest BCUT2D eigenvalue weighted by molar-refractivity contribution is -0.132. The lowest BCUT2D eigenvalue weighted by Gasteiger charge is -2.23. The topological polar surface area (TPSA) is 78.9 Å². The number of aliphatic hydroxyl groups excluding tert-OH is 1. The highest BCUT2D eigenvalue weighted by molar-refractivity contribution is 6.07. The van der Waals surface area contributed by atoms with Crippen LogP contribution in [0.4, 0.5) is 4.79 Å². The molecule has 1 heterocycles. The zero-order valence-corrected chi connectivity index (χ0v) is 18.2. The number of rotatable bonds is 6. The molecule has 2 N–H and O–H groups in total. The Hall–Kier alpha value is -3.90. The van der Waals surface area contributed by atoms with E-state index < -0.39 is 23.6 Å². The van der Waals surface area contributed by atoms with E-state index in [-0.39, 0.29) is 13.2 Å². The van der Waals surface area contributed by atoms with Crippen LogP contribution < -0.4 is 10.1 Å². The van der Waals surface area contributed by atoms with Crippen LogP contribution in [0.1, 0.15) is 12.5 Å². The quantitative estimate of drug-likeness (QED) is 0.441. The summed E-state index contributed by atoms with van der Waals surface area (Å²) in [5.74, 6) is 0.248. The van der Waals surface area contributed by atoms with Gasteiger partial charge in [0.05, 0.1) is 6.54 Å². The molecule has 0 radical (unpaired) electrons. The first kappa shape index (κ1) is 21.0. The molecule has 6 nitrogen and oxygen atoms in total. The van der Waals surface area contributed by atoms with Crippen molar-refractivity contribution in [2.75, 3.05) is 13.2 Å². The number of nitrogens with one attached hydrogen (secondary N) is 1. The summed E-state index contributed by atoms with van der Waals surface area (Å²) in [5.41, 5.74) is -0.499. The lowest BCUT2D eigenvalue weighted by Crippen LogP contribution is -2.42. The van der Waals surface area contributed by atoms with Crippen molar-refractivity contribution in [1.82, 2.24) is 10.2 Å². The standard InChI is InChI=1S/C27H24N2O4/c1-27(21-14-13-18-7-2-3-9-20(18)15-21)25(31)29(26(32)28-27)16-22(30)17-33-24-12-6-10-19-8-4-5-11-23(19)24/h2-15,22,30H,16-17H2,1H3,(H,28,32). The van der Waals surface area contributed by atoms with Crippen molar-refractivity contribution < 1.29 is 19.4 Å².